The van der Waals surface area contributed by atoms with Crippen molar-refractivity contribution in [1.29, 1.82) is 0 Å². The lowest BCUT2D eigenvalue weighted by Gasteiger charge is -2.00. The molecule has 9 nitrogen and oxygen atoms in total. The molecule has 0 aliphatic heterocycles. The lowest BCUT2D eigenvalue weighted by atomic mass is 10.1. The van der Waals surface area contributed by atoms with E-state index < -0.39 is 4.92 Å². The SMILES string of the molecule is CCOC(=O)CCCCCc1nc(-c2ncc([N+](=O)[O-])cc2Cl)no1. The molecule has 0 unspecified atom stereocenters. The molecule has 134 valence electrons. The highest BCUT2D eigenvalue weighted by atomic mass is 35.5. The first kappa shape index (κ1) is 18.8. The minimum atomic E-state index is -0.583. The summed E-state index contributed by atoms with van der Waals surface area (Å²) in [5.41, 5.74) is 0.0173. The maximum atomic E-state index is 11.2. The van der Waals surface area contributed by atoms with Gasteiger partial charge in [-0.3, -0.25) is 14.9 Å². The summed E-state index contributed by atoms with van der Waals surface area (Å²) in [5, 5.41) is 14.6. The summed E-state index contributed by atoms with van der Waals surface area (Å²) in [5.74, 6) is 0.408. The number of ether oxygens (including phenoxy) is 1. The fourth-order valence-electron chi connectivity index (χ4n) is 2.10. The molecule has 0 radical (unpaired) electrons. The van der Waals surface area contributed by atoms with E-state index in [2.05, 4.69) is 15.1 Å². The molecule has 0 atom stereocenters. The van der Waals surface area contributed by atoms with Crippen molar-refractivity contribution >= 4 is 23.3 Å². The van der Waals surface area contributed by atoms with Crippen LogP contribution in [0.1, 0.15) is 38.5 Å². The molecular formula is C15H17ClN4O5. The van der Waals surface area contributed by atoms with Gasteiger partial charge in [0.2, 0.25) is 11.7 Å². The van der Waals surface area contributed by atoms with Crippen molar-refractivity contribution in [2.24, 2.45) is 0 Å². The zero-order chi connectivity index (χ0) is 18.2. The second-order valence-electron chi connectivity index (χ2n) is 5.16. The van der Waals surface area contributed by atoms with Crippen molar-refractivity contribution in [2.75, 3.05) is 6.61 Å². The molecule has 2 aromatic heterocycles. The Morgan fingerprint density at radius 3 is 2.88 bits per heavy atom. The van der Waals surface area contributed by atoms with Gasteiger partial charge in [-0.25, -0.2) is 4.98 Å². The Labute approximate surface area is 148 Å². The fraction of sp³-hybridized carbons (Fsp3) is 0.467. The van der Waals surface area contributed by atoms with Gasteiger partial charge in [0.15, 0.2) is 0 Å². The molecule has 0 spiro atoms. The molecule has 0 aliphatic carbocycles. The Kier molecular flexibility index (Phi) is 6.81. The fourth-order valence-corrected chi connectivity index (χ4v) is 2.35. The summed E-state index contributed by atoms with van der Waals surface area (Å²) in [6.07, 6.45) is 4.38. The van der Waals surface area contributed by atoms with Gasteiger partial charge in [-0.15, -0.1) is 0 Å². The van der Waals surface area contributed by atoms with Gasteiger partial charge in [0.25, 0.3) is 5.69 Å². The number of unbranched alkanes of at least 4 members (excludes halogenated alkanes) is 2. The number of nitrogens with zero attached hydrogens (tertiary/aromatic N) is 4. The van der Waals surface area contributed by atoms with Crippen LogP contribution in [0.4, 0.5) is 5.69 Å². The molecule has 2 heterocycles. The van der Waals surface area contributed by atoms with Crippen LogP contribution in [0, 0.1) is 10.1 Å². The van der Waals surface area contributed by atoms with Crippen molar-refractivity contribution in [3.63, 3.8) is 0 Å². The Morgan fingerprint density at radius 1 is 1.40 bits per heavy atom. The van der Waals surface area contributed by atoms with E-state index in [1.165, 1.54) is 6.07 Å². The van der Waals surface area contributed by atoms with E-state index in [9.17, 15) is 14.9 Å². The highest BCUT2D eigenvalue weighted by Crippen LogP contribution is 2.26. The maximum Gasteiger partial charge on any atom is 0.305 e. The van der Waals surface area contributed by atoms with Crippen molar-refractivity contribution in [3.05, 3.63) is 33.3 Å². The normalized spacial score (nSPS) is 10.6. The van der Waals surface area contributed by atoms with Crippen molar-refractivity contribution in [3.8, 4) is 11.5 Å². The molecule has 0 bridgehead atoms. The van der Waals surface area contributed by atoms with Crippen LogP contribution in [0.2, 0.25) is 5.02 Å². The third-order valence-electron chi connectivity index (χ3n) is 3.29. The molecule has 0 amide bonds. The average molecular weight is 369 g/mol. The molecule has 0 saturated carbocycles. The number of esters is 1. The summed E-state index contributed by atoms with van der Waals surface area (Å²) in [4.78, 5) is 29.4. The molecule has 0 aromatic carbocycles. The number of aromatic nitrogens is 3. The quantitative estimate of drug-likeness (QED) is 0.286. The van der Waals surface area contributed by atoms with Crippen LogP contribution in [0.3, 0.4) is 0 Å². The van der Waals surface area contributed by atoms with E-state index in [1.54, 1.807) is 6.92 Å². The molecule has 0 N–H and O–H groups in total. The van der Waals surface area contributed by atoms with Gasteiger partial charge in [0.1, 0.15) is 11.9 Å². The van der Waals surface area contributed by atoms with Gasteiger partial charge < -0.3 is 9.26 Å². The number of pyridine rings is 1. The molecule has 2 aromatic rings. The lowest BCUT2D eigenvalue weighted by molar-refractivity contribution is -0.385. The zero-order valence-electron chi connectivity index (χ0n) is 13.6. The smallest absolute Gasteiger partial charge is 0.305 e. The monoisotopic (exact) mass is 368 g/mol. The third kappa shape index (κ3) is 5.49. The third-order valence-corrected chi connectivity index (χ3v) is 3.58. The molecular weight excluding hydrogens is 352 g/mol. The van der Waals surface area contributed by atoms with E-state index in [0.717, 1.165) is 25.5 Å². The number of halogens is 1. The van der Waals surface area contributed by atoms with Gasteiger partial charge in [-0.05, 0) is 19.8 Å². The maximum absolute atomic E-state index is 11.2. The van der Waals surface area contributed by atoms with Gasteiger partial charge >= 0.3 is 5.97 Å². The minimum Gasteiger partial charge on any atom is -0.466 e. The zero-order valence-corrected chi connectivity index (χ0v) is 14.4. The van der Waals surface area contributed by atoms with Crippen LogP contribution in [0.5, 0.6) is 0 Å². The lowest BCUT2D eigenvalue weighted by Crippen LogP contribution is -2.03. The predicted molar refractivity (Wildman–Crippen MR) is 88.0 cm³/mol. The summed E-state index contributed by atoms with van der Waals surface area (Å²) < 4.78 is 9.98. The summed E-state index contributed by atoms with van der Waals surface area (Å²) in [6, 6.07) is 1.19. The van der Waals surface area contributed by atoms with E-state index in [1.807, 2.05) is 0 Å². The first-order valence-electron chi connectivity index (χ1n) is 7.79. The van der Waals surface area contributed by atoms with Crippen molar-refractivity contribution in [2.45, 2.75) is 39.0 Å². The first-order chi connectivity index (χ1) is 12.0. The molecule has 10 heteroatoms. The van der Waals surface area contributed by atoms with E-state index in [0.29, 0.717) is 25.3 Å². The molecule has 2 rings (SSSR count). The van der Waals surface area contributed by atoms with E-state index in [-0.39, 0.29) is 28.2 Å². The van der Waals surface area contributed by atoms with Crippen LogP contribution in [0.15, 0.2) is 16.8 Å². The van der Waals surface area contributed by atoms with Crippen molar-refractivity contribution in [1.82, 2.24) is 15.1 Å². The van der Waals surface area contributed by atoms with Crippen LogP contribution in [-0.4, -0.2) is 32.6 Å². The highest BCUT2D eigenvalue weighted by molar-refractivity contribution is 6.33. The topological polar surface area (TPSA) is 121 Å². The molecule has 25 heavy (non-hydrogen) atoms. The number of hydrogen-bond acceptors (Lipinski definition) is 8. The van der Waals surface area contributed by atoms with E-state index >= 15 is 0 Å². The Morgan fingerprint density at radius 2 is 2.20 bits per heavy atom. The number of carbonyl (C=O) groups excluding carboxylic acids is 1. The molecule has 0 fully saturated rings. The Hall–Kier alpha value is -2.55. The second-order valence-corrected chi connectivity index (χ2v) is 5.57. The van der Waals surface area contributed by atoms with Gasteiger partial charge in [-0.2, -0.15) is 4.98 Å². The number of rotatable bonds is 9. The standard InChI is InChI=1S/C15H17ClN4O5/c1-2-24-13(21)7-5-3-4-6-12-18-15(19-25-12)14-11(16)8-10(9-17-14)20(22)23/h8-9H,2-7H2,1H3. The van der Waals surface area contributed by atoms with Gasteiger partial charge in [-0.1, -0.05) is 23.2 Å². The summed E-state index contributed by atoms with van der Waals surface area (Å²) >= 11 is 5.99. The van der Waals surface area contributed by atoms with Gasteiger partial charge in [0, 0.05) is 18.9 Å². The van der Waals surface area contributed by atoms with Crippen LogP contribution >= 0.6 is 11.6 Å². The Balaban J connectivity index is 1.86. The van der Waals surface area contributed by atoms with Crippen LogP contribution in [0.25, 0.3) is 11.5 Å². The highest BCUT2D eigenvalue weighted by Gasteiger charge is 2.17. The average Bonchev–Trinajstić information content (AvgIpc) is 3.03. The number of aryl methyl sites for hydroxylation is 1. The number of carbonyl (C=O) groups is 1. The predicted octanol–water partition coefficient (Wildman–Crippen LogP) is 3.36. The van der Waals surface area contributed by atoms with Gasteiger partial charge in [0.05, 0.1) is 16.6 Å². The van der Waals surface area contributed by atoms with Crippen LogP contribution < -0.4 is 0 Å². The summed E-state index contributed by atoms with van der Waals surface area (Å²) in [6.45, 7) is 2.17. The first-order valence-corrected chi connectivity index (χ1v) is 8.17. The van der Waals surface area contributed by atoms with Crippen LogP contribution in [-0.2, 0) is 16.0 Å². The Bertz CT molecular complexity index is 749. The number of hydrogen-bond donors (Lipinski definition) is 0. The van der Waals surface area contributed by atoms with Crippen molar-refractivity contribution < 1.29 is 19.0 Å². The largest absolute Gasteiger partial charge is 0.466 e. The molecule has 0 aliphatic rings. The second kappa shape index (κ2) is 9.07. The summed E-state index contributed by atoms with van der Waals surface area (Å²) in [7, 11) is 0. The molecule has 0 saturated heterocycles. The minimum absolute atomic E-state index is 0.0796. The van der Waals surface area contributed by atoms with E-state index in [4.69, 9.17) is 20.9 Å². The number of nitro groups is 1.